The molecule has 1 rings (SSSR count). The van der Waals surface area contributed by atoms with Crippen molar-refractivity contribution in [1.29, 1.82) is 5.26 Å². The zero-order valence-electron chi connectivity index (χ0n) is 9.92. The summed E-state index contributed by atoms with van der Waals surface area (Å²) >= 11 is 3.41. The fraction of sp³-hybridized carbons (Fsp3) is 0.385. The van der Waals surface area contributed by atoms with E-state index in [4.69, 9.17) is 10.00 Å². The number of carbonyl (C=O) groups excluding carboxylic acids is 1. The Morgan fingerprint density at radius 2 is 2.12 bits per heavy atom. The largest absolute Gasteiger partial charge is 0.466 e. The van der Waals surface area contributed by atoms with Crippen LogP contribution in [0.15, 0.2) is 16.6 Å². The van der Waals surface area contributed by atoms with Gasteiger partial charge in [0.1, 0.15) is 0 Å². The van der Waals surface area contributed by atoms with E-state index < -0.39 is 0 Å². The normalized spacial score (nSPS) is 9.76. The van der Waals surface area contributed by atoms with E-state index in [1.807, 2.05) is 13.0 Å². The van der Waals surface area contributed by atoms with Crippen molar-refractivity contribution in [1.82, 2.24) is 0 Å². The maximum atomic E-state index is 11.4. The first-order valence-corrected chi connectivity index (χ1v) is 6.28. The van der Waals surface area contributed by atoms with E-state index in [0.29, 0.717) is 12.2 Å². The average molecular weight is 296 g/mol. The number of rotatable bonds is 4. The molecule has 0 amide bonds. The highest BCUT2D eigenvalue weighted by Gasteiger charge is 2.11. The van der Waals surface area contributed by atoms with E-state index >= 15 is 0 Å². The van der Waals surface area contributed by atoms with Crippen LogP contribution in [0, 0.1) is 11.3 Å². The first-order chi connectivity index (χ1) is 8.12. The molecule has 0 spiro atoms. The number of benzene rings is 1. The standard InChI is InChI=1S/C13H14BrNO2/c1-3-9-5-10(7-13(16)17-4-2)11(8-15)6-12(9)14/h5-6H,3-4,7H2,1-2H3. The van der Waals surface area contributed by atoms with Gasteiger partial charge in [-0.25, -0.2) is 0 Å². The van der Waals surface area contributed by atoms with Crippen molar-refractivity contribution in [3.05, 3.63) is 33.3 Å². The van der Waals surface area contributed by atoms with E-state index in [1.165, 1.54) is 0 Å². The Bertz CT molecular complexity index is 463. The van der Waals surface area contributed by atoms with Gasteiger partial charge in [0.25, 0.3) is 0 Å². The number of halogens is 1. The first-order valence-electron chi connectivity index (χ1n) is 5.49. The summed E-state index contributed by atoms with van der Waals surface area (Å²) in [6.07, 6.45) is 0.999. The van der Waals surface area contributed by atoms with E-state index in [2.05, 4.69) is 22.0 Å². The third kappa shape index (κ3) is 3.57. The van der Waals surface area contributed by atoms with Crippen molar-refractivity contribution < 1.29 is 9.53 Å². The van der Waals surface area contributed by atoms with Crippen LogP contribution < -0.4 is 0 Å². The van der Waals surface area contributed by atoms with Gasteiger partial charge < -0.3 is 4.74 Å². The van der Waals surface area contributed by atoms with Crippen LogP contribution >= 0.6 is 15.9 Å². The molecule has 4 heteroatoms. The van der Waals surface area contributed by atoms with Gasteiger partial charge in [-0.3, -0.25) is 4.79 Å². The Kier molecular flexibility index (Phi) is 5.17. The van der Waals surface area contributed by atoms with Crippen LogP contribution in [0.3, 0.4) is 0 Å². The molecule has 0 aliphatic heterocycles. The van der Waals surface area contributed by atoms with E-state index in [1.54, 1.807) is 13.0 Å². The van der Waals surface area contributed by atoms with Gasteiger partial charge in [0.2, 0.25) is 0 Å². The highest BCUT2D eigenvalue weighted by Crippen LogP contribution is 2.23. The molecule has 1 aromatic rings. The van der Waals surface area contributed by atoms with Crippen LogP contribution in [-0.4, -0.2) is 12.6 Å². The minimum Gasteiger partial charge on any atom is -0.466 e. The molecule has 0 bridgehead atoms. The second-order valence-electron chi connectivity index (χ2n) is 3.55. The van der Waals surface area contributed by atoms with Gasteiger partial charge in [0, 0.05) is 4.47 Å². The third-order valence-corrected chi connectivity index (χ3v) is 3.15. The lowest BCUT2D eigenvalue weighted by Gasteiger charge is -2.08. The lowest BCUT2D eigenvalue weighted by atomic mass is 10.0. The number of hydrogen-bond acceptors (Lipinski definition) is 3. The number of hydrogen-bond donors (Lipinski definition) is 0. The van der Waals surface area contributed by atoms with Gasteiger partial charge in [0.15, 0.2) is 0 Å². The molecule has 0 N–H and O–H groups in total. The smallest absolute Gasteiger partial charge is 0.310 e. The van der Waals surface area contributed by atoms with Crippen molar-refractivity contribution in [2.75, 3.05) is 6.61 Å². The molecule has 0 aliphatic rings. The van der Waals surface area contributed by atoms with Gasteiger partial charge in [-0.05, 0) is 30.5 Å². The predicted octanol–water partition coefficient (Wildman–Crippen LogP) is 2.99. The van der Waals surface area contributed by atoms with Crippen molar-refractivity contribution in [2.24, 2.45) is 0 Å². The molecule has 0 atom stereocenters. The molecule has 0 aromatic heterocycles. The fourth-order valence-electron chi connectivity index (χ4n) is 1.56. The highest BCUT2D eigenvalue weighted by molar-refractivity contribution is 9.10. The average Bonchev–Trinajstić information content (AvgIpc) is 2.31. The molecule has 0 aliphatic carbocycles. The monoisotopic (exact) mass is 295 g/mol. The molecular weight excluding hydrogens is 282 g/mol. The molecular formula is C13H14BrNO2. The predicted molar refractivity (Wildman–Crippen MR) is 68.6 cm³/mol. The molecule has 3 nitrogen and oxygen atoms in total. The van der Waals surface area contributed by atoms with Gasteiger partial charge in [0.05, 0.1) is 24.7 Å². The van der Waals surface area contributed by atoms with Crippen molar-refractivity contribution >= 4 is 21.9 Å². The molecule has 0 saturated carbocycles. The fourth-order valence-corrected chi connectivity index (χ4v) is 2.18. The van der Waals surface area contributed by atoms with Crippen molar-refractivity contribution in [3.63, 3.8) is 0 Å². The van der Waals surface area contributed by atoms with E-state index in [0.717, 1.165) is 22.0 Å². The van der Waals surface area contributed by atoms with Gasteiger partial charge in [-0.15, -0.1) is 0 Å². The summed E-state index contributed by atoms with van der Waals surface area (Å²) in [5.74, 6) is -0.298. The molecule has 17 heavy (non-hydrogen) atoms. The first kappa shape index (κ1) is 13.7. The minimum atomic E-state index is -0.298. The van der Waals surface area contributed by atoms with E-state index in [-0.39, 0.29) is 12.4 Å². The molecule has 0 unspecified atom stereocenters. The lowest BCUT2D eigenvalue weighted by molar-refractivity contribution is -0.142. The zero-order valence-corrected chi connectivity index (χ0v) is 11.5. The zero-order chi connectivity index (χ0) is 12.8. The minimum absolute atomic E-state index is 0.150. The van der Waals surface area contributed by atoms with Gasteiger partial charge >= 0.3 is 5.97 Å². The molecule has 90 valence electrons. The summed E-state index contributed by atoms with van der Waals surface area (Å²) in [6.45, 7) is 4.15. The quantitative estimate of drug-likeness (QED) is 0.803. The third-order valence-electron chi connectivity index (χ3n) is 2.41. The summed E-state index contributed by atoms with van der Waals surface area (Å²) in [7, 11) is 0. The van der Waals surface area contributed by atoms with Crippen LogP contribution in [0.5, 0.6) is 0 Å². The van der Waals surface area contributed by atoms with Crippen LogP contribution in [0.1, 0.15) is 30.5 Å². The number of aryl methyl sites for hydroxylation is 1. The lowest BCUT2D eigenvalue weighted by Crippen LogP contribution is -2.09. The van der Waals surface area contributed by atoms with Crippen LogP contribution in [0.2, 0.25) is 0 Å². The molecule has 1 aromatic carbocycles. The number of nitriles is 1. The Labute approximate surface area is 110 Å². The van der Waals surface area contributed by atoms with Crippen LogP contribution in [0.25, 0.3) is 0 Å². The topological polar surface area (TPSA) is 50.1 Å². The Morgan fingerprint density at radius 1 is 1.41 bits per heavy atom. The number of ether oxygens (including phenoxy) is 1. The maximum absolute atomic E-state index is 11.4. The Morgan fingerprint density at radius 3 is 2.65 bits per heavy atom. The van der Waals surface area contributed by atoms with Gasteiger partial charge in [-0.1, -0.05) is 28.9 Å². The summed E-state index contributed by atoms with van der Waals surface area (Å²) < 4.78 is 5.80. The summed E-state index contributed by atoms with van der Waals surface area (Å²) in [4.78, 5) is 11.4. The Balaban J connectivity index is 3.05. The number of nitrogens with zero attached hydrogens (tertiary/aromatic N) is 1. The summed E-state index contributed by atoms with van der Waals surface area (Å²) in [5.41, 5.74) is 2.33. The SMILES string of the molecule is CCOC(=O)Cc1cc(CC)c(Br)cc1C#N. The van der Waals surface area contributed by atoms with Crippen molar-refractivity contribution in [2.45, 2.75) is 26.7 Å². The summed E-state index contributed by atoms with van der Waals surface area (Å²) in [5, 5.41) is 9.03. The molecule has 0 heterocycles. The highest BCUT2D eigenvalue weighted by atomic mass is 79.9. The van der Waals surface area contributed by atoms with Crippen LogP contribution in [-0.2, 0) is 22.4 Å². The number of carbonyl (C=O) groups is 1. The number of esters is 1. The molecule has 0 saturated heterocycles. The maximum Gasteiger partial charge on any atom is 0.310 e. The van der Waals surface area contributed by atoms with Gasteiger partial charge in [-0.2, -0.15) is 5.26 Å². The van der Waals surface area contributed by atoms with Crippen molar-refractivity contribution in [3.8, 4) is 6.07 Å². The van der Waals surface area contributed by atoms with Crippen LogP contribution in [0.4, 0.5) is 0 Å². The summed E-state index contributed by atoms with van der Waals surface area (Å²) in [6, 6.07) is 5.74. The second kappa shape index (κ2) is 6.41. The second-order valence-corrected chi connectivity index (χ2v) is 4.40. The molecule has 0 radical (unpaired) electrons. The molecule has 0 fully saturated rings. The van der Waals surface area contributed by atoms with E-state index in [9.17, 15) is 4.79 Å². The Hall–Kier alpha value is -1.34.